The van der Waals surface area contributed by atoms with Crippen LogP contribution in [0.1, 0.15) is 50.7 Å². The van der Waals surface area contributed by atoms with Crippen molar-refractivity contribution < 1.29 is 8.78 Å². The van der Waals surface area contributed by atoms with Gasteiger partial charge < -0.3 is 5.32 Å². The fraction of sp³-hybridized carbons (Fsp3) is 0.625. The second kappa shape index (κ2) is 6.47. The number of hydrogen-bond donors (Lipinski definition) is 1. The molecule has 106 valence electrons. The van der Waals surface area contributed by atoms with Crippen LogP contribution in [0.15, 0.2) is 24.3 Å². The summed E-state index contributed by atoms with van der Waals surface area (Å²) < 4.78 is 24.9. The largest absolute Gasteiger partial charge is 0.310 e. The molecule has 3 heteroatoms. The van der Waals surface area contributed by atoms with Crippen LogP contribution in [0.2, 0.25) is 0 Å². The van der Waals surface area contributed by atoms with E-state index in [9.17, 15) is 8.78 Å². The molecular formula is C16H23F2N. The minimum atomic E-state index is -2.37. The van der Waals surface area contributed by atoms with E-state index in [0.29, 0.717) is 12.0 Å². The van der Waals surface area contributed by atoms with Crippen LogP contribution in [0.5, 0.6) is 0 Å². The molecule has 0 heterocycles. The summed E-state index contributed by atoms with van der Waals surface area (Å²) in [5.74, 6) is 1.53. The summed E-state index contributed by atoms with van der Waals surface area (Å²) in [7, 11) is 0. The highest BCUT2D eigenvalue weighted by Crippen LogP contribution is 2.28. The Labute approximate surface area is 114 Å². The molecule has 2 rings (SSSR count). The summed E-state index contributed by atoms with van der Waals surface area (Å²) in [4.78, 5) is 0. The monoisotopic (exact) mass is 267 g/mol. The van der Waals surface area contributed by atoms with Crippen LogP contribution in [0.25, 0.3) is 0 Å². The first-order valence-corrected chi connectivity index (χ1v) is 7.16. The highest BCUT2D eigenvalue weighted by molar-refractivity contribution is 5.23. The molecule has 3 unspecified atom stereocenters. The van der Waals surface area contributed by atoms with Gasteiger partial charge in [-0.2, -0.15) is 0 Å². The molecule has 1 saturated carbocycles. The summed E-state index contributed by atoms with van der Waals surface area (Å²) in [6.07, 6.45) is 1.41. The predicted molar refractivity (Wildman–Crippen MR) is 74.2 cm³/mol. The van der Waals surface area contributed by atoms with Crippen molar-refractivity contribution in [3.8, 4) is 0 Å². The van der Waals surface area contributed by atoms with Gasteiger partial charge in [-0.25, -0.2) is 8.78 Å². The molecule has 1 aromatic rings. The second-order valence-corrected chi connectivity index (χ2v) is 5.93. The lowest BCUT2D eigenvalue weighted by Crippen LogP contribution is -2.38. The number of hydrogen-bond acceptors (Lipinski definition) is 1. The van der Waals surface area contributed by atoms with Gasteiger partial charge in [0, 0.05) is 18.2 Å². The van der Waals surface area contributed by atoms with Gasteiger partial charge in [0.05, 0.1) is 0 Å². The molecule has 1 fully saturated rings. The molecular weight excluding hydrogens is 244 g/mol. The lowest BCUT2D eigenvalue weighted by atomic mass is 9.80. The molecule has 1 aromatic carbocycles. The smallest absolute Gasteiger partial charge is 0.263 e. The predicted octanol–water partition coefficient (Wildman–Crippen LogP) is 4.54. The maximum atomic E-state index is 12.4. The van der Waals surface area contributed by atoms with Gasteiger partial charge in [-0.1, -0.05) is 38.1 Å². The van der Waals surface area contributed by atoms with E-state index in [2.05, 4.69) is 19.2 Å². The Balaban J connectivity index is 1.85. The van der Waals surface area contributed by atoms with Gasteiger partial charge in [0.1, 0.15) is 0 Å². The summed E-state index contributed by atoms with van der Waals surface area (Å²) >= 11 is 0. The van der Waals surface area contributed by atoms with Crippen molar-refractivity contribution in [1.82, 2.24) is 5.32 Å². The van der Waals surface area contributed by atoms with E-state index in [-0.39, 0.29) is 5.56 Å². The standard InChI is InChI=1S/C16H23F2N/c1-11-3-8-15(12(2)9-11)19-10-13-4-6-14(7-5-13)16(17)18/h4-7,11-12,15-16,19H,3,8-10H2,1-2H3. The van der Waals surface area contributed by atoms with E-state index in [0.717, 1.165) is 18.0 Å². The van der Waals surface area contributed by atoms with Crippen molar-refractivity contribution in [1.29, 1.82) is 0 Å². The molecule has 1 nitrogen and oxygen atoms in total. The van der Waals surface area contributed by atoms with Crippen LogP contribution in [0.3, 0.4) is 0 Å². The topological polar surface area (TPSA) is 12.0 Å². The SMILES string of the molecule is CC1CCC(NCc2ccc(C(F)F)cc2)C(C)C1. The van der Waals surface area contributed by atoms with Crippen molar-refractivity contribution in [3.63, 3.8) is 0 Å². The van der Waals surface area contributed by atoms with Crippen LogP contribution in [0.4, 0.5) is 8.78 Å². The maximum absolute atomic E-state index is 12.4. The molecule has 19 heavy (non-hydrogen) atoms. The zero-order valence-electron chi connectivity index (χ0n) is 11.7. The van der Waals surface area contributed by atoms with Gasteiger partial charge in [0.2, 0.25) is 0 Å². The molecule has 0 spiro atoms. The van der Waals surface area contributed by atoms with E-state index >= 15 is 0 Å². The Morgan fingerprint density at radius 2 is 1.84 bits per heavy atom. The van der Waals surface area contributed by atoms with Crippen molar-refractivity contribution in [2.75, 3.05) is 0 Å². The number of halogens is 2. The Morgan fingerprint density at radius 1 is 1.16 bits per heavy atom. The molecule has 0 radical (unpaired) electrons. The second-order valence-electron chi connectivity index (χ2n) is 5.93. The number of benzene rings is 1. The van der Waals surface area contributed by atoms with E-state index in [1.54, 1.807) is 12.1 Å². The van der Waals surface area contributed by atoms with Crippen molar-refractivity contribution in [3.05, 3.63) is 35.4 Å². The molecule has 0 saturated heterocycles. The van der Waals surface area contributed by atoms with Crippen LogP contribution in [0, 0.1) is 11.8 Å². The zero-order chi connectivity index (χ0) is 13.8. The minimum absolute atomic E-state index is 0.101. The quantitative estimate of drug-likeness (QED) is 0.844. The third-order valence-corrected chi connectivity index (χ3v) is 4.23. The number of alkyl halides is 2. The molecule has 0 aromatic heterocycles. The highest BCUT2D eigenvalue weighted by Gasteiger charge is 2.24. The lowest BCUT2D eigenvalue weighted by Gasteiger charge is -2.33. The molecule has 0 bridgehead atoms. The maximum Gasteiger partial charge on any atom is 0.263 e. The third kappa shape index (κ3) is 4.00. The number of rotatable bonds is 4. The van der Waals surface area contributed by atoms with E-state index in [1.807, 2.05) is 0 Å². The third-order valence-electron chi connectivity index (χ3n) is 4.23. The first-order valence-electron chi connectivity index (χ1n) is 7.16. The van der Waals surface area contributed by atoms with Gasteiger partial charge >= 0.3 is 0 Å². The van der Waals surface area contributed by atoms with Gasteiger partial charge in [0.15, 0.2) is 0 Å². The van der Waals surface area contributed by atoms with E-state index < -0.39 is 6.43 Å². The summed E-state index contributed by atoms with van der Waals surface area (Å²) in [6, 6.07) is 7.20. The first kappa shape index (κ1) is 14.4. The number of nitrogens with one attached hydrogen (secondary N) is 1. The summed E-state index contributed by atoms with van der Waals surface area (Å²) in [5, 5.41) is 3.57. The van der Waals surface area contributed by atoms with Crippen molar-refractivity contribution in [2.24, 2.45) is 11.8 Å². The average Bonchev–Trinajstić information content (AvgIpc) is 2.38. The fourth-order valence-electron chi connectivity index (χ4n) is 3.00. The average molecular weight is 267 g/mol. The fourth-order valence-corrected chi connectivity index (χ4v) is 3.00. The van der Waals surface area contributed by atoms with Crippen molar-refractivity contribution in [2.45, 2.75) is 52.1 Å². The Bertz CT molecular complexity index is 388. The Morgan fingerprint density at radius 3 is 2.42 bits per heavy atom. The van der Waals surface area contributed by atoms with Gasteiger partial charge in [-0.05, 0) is 36.7 Å². The molecule has 3 atom stereocenters. The van der Waals surface area contributed by atoms with Crippen LogP contribution in [-0.2, 0) is 6.54 Å². The Hall–Kier alpha value is -0.960. The van der Waals surface area contributed by atoms with Crippen LogP contribution >= 0.6 is 0 Å². The Kier molecular flexibility index (Phi) is 4.92. The van der Waals surface area contributed by atoms with Gasteiger partial charge in [0.25, 0.3) is 6.43 Å². The van der Waals surface area contributed by atoms with Crippen molar-refractivity contribution >= 4 is 0 Å². The van der Waals surface area contributed by atoms with E-state index in [1.165, 1.54) is 31.4 Å². The van der Waals surface area contributed by atoms with Crippen LogP contribution < -0.4 is 5.32 Å². The first-order chi connectivity index (χ1) is 9.06. The van der Waals surface area contributed by atoms with Crippen LogP contribution in [-0.4, -0.2) is 6.04 Å². The normalized spacial score (nSPS) is 27.7. The minimum Gasteiger partial charge on any atom is -0.310 e. The molecule has 0 amide bonds. The molecule has 0 aliphatic heterocycles. The summed E-state index contributed by atoms with van der Waals surface area (Å²) in [6.45, 7) is 5.38. The molecule has 1 aliphatic carbocycles. The lowest BCUT2D eigenvalue weighted by molar-refractivity contribution is 0.151. The molecule has 1 aliphatic rings. The summed E-state index contributed by atoms with van der Waals surface area (Å²) in [5.41, 5.74) is 1.18. The zero-order valence-corrected chi connectivity index (χ0v) is 11.7. The molecule has 1 N–H and O–H groups in total. The van der Waals surface area contributed by atoms with Gasteiger partial charge in [-0.3, -0.25) is 0 Å². The highest BCUT2D eigenvalue weighted by atomic mass is 19.3. The van der Waals surface area contributed by atoms with E-state index in [4.69, 9.17) is 0 Å². The van der Waals surface area contributed by atoms with Gasteiger partial charge in [-0.15, -0.1) is 0 Å².